The summed E-state index contributed by atoms with van der Waals surface area (Å²) in [6.45, 7) is 0.132. The Morgan fingerprint density at radius 3 is 2.48 bits per heavy atom. The van der Waals surface area contributed by atoms with Gasteiger partial charge in [-0.1, -0.05) is 30.3 Å². The van der Waals surface area contributed by atoms with Gasteiger partial charge < -0.3 is 20.4 Å². The number of carbonyl (C=O) groups excluding carboxylic acids is 2. The van der Waals surface area contributed by atoms with Crippen LogP contribution in [0.2, 0.25) is 0 Å². The number of para-hydroxylation sites is 1. The van der Waals surface area contributed by atoms with E-state index in [9.17, 15) is 22.8 Å². The number of amides is 2. The monoisotopic (exact) mass is 433 g/mol. The number of aromatic amines is 1. The Kier molecular flexibility index (Phi) is 6.84. The van der Waals surface area contributed by atoms with Crippen molar-refractivity contribution in [3.63, 3.8) is 0 Å². The van der Waals surface area contributed by atoms with E-state index < -0.39 is 18.8 Å². The zero-order chi connectivity index (χ0) is 22.4. The summed E-state index contributed by atoms with van der Waals surface area (Å²) in [4.78, 5) is 27.5. The molecule has 0 aliphatic rings. The van der Waals surface area contributed by atoms with Crippen LogP contribution < -0.4 is 15.4 Å². The fraction of sp³-hybridized carbons (Fsp3) is 0.273. The molecular formula is C22H22F3N3O3. The van der Waals surface area contributed by atoms with E-state index in [0.717, 1.165) is 16.5 Å². The highest BCUT2D eigenvalue weighted by Gasteiger charge is 2.28. The second-order valence-electron chi connectivity index (χ2n) is 7.08. The molecule has 31 heavy (non-hydrogen) atoms. The minimum atomic E-state index is -4.41. The van der Waals surface area contributed by atoms with Gasteiger partial charge in [0.05, 0.1) is 0 Å². The predicted octanol–water partition coefficient (Wildman–Crippen LogP) is 3.47. The van der Waals surface area contributed by atoms with Crippen molar-refractivity contribution >= 4 is 22.7 Å². The second-order valence-corrected chi connectivity index (χ2v) is 7.08. The standard InChI is InChI=1S/C22H22F3N3O3/c1-14(29)28-20(10-16-12-26-19-5-3-2-4-18(16)19)21(30)27-11-15-6-8-17(9-7-15)31-13-22(23,24)25/h2-9,12,20,26H,10-11,13H2,1H3,(H,27,30)(H,28,29)/t20-/m0/s1. The largest absolute Gasteiger partial charge is 0.484 e. The van der Waals surface area contributed by atoms with E-state index in [1.165, 1.54) is 19.1 Å². The third kappa shape index (κ3) is 6.50. The molecule has 1 atom stereocenters. The SMILES string of the molecule is CC(=O)N[C@@H](Cc1c[nH]c2ccccc12)C(=O)NCc1ccc(OCC(F)(F)F)cc1. The van der Waals surface area contributed by atoms with Gasteiger partial charge in [0.2, 0.25) is 11.8 Å². The van der Waals surface area contributed by atoms with Gasteiger partial charge in [0.25, 0.3) is 0 Å². The minimum absolute atomic E-state index is 0.0860. The molecule has 164 valence electrons. The van der Waals surface area contributed by atoms with Crippen LogP contribution in [0.3, 0.4) is 0 Å². The lowest BCUT2D eigenvalue weighted by Gasteiger charge is -2.17. The highest BCUT2D eigenvalue weighted by Crippen LogP contribution is 2.20. The third-order valence-electron chi connectivity index (χ3n) is 4.59. The van der Waals surface area contributed by atoms with Gasteiger partial charge in [0, 0.05) is 37.0 Å². The van der Waals surface area contributed by atoms with Crippen LogP contribution in [-0.4, -0.2) is 35.6 Å². The molecule has 6 nitrogen and oxygen atoms in total. The van der Waals surface area contributed by atoms with Crippen molar-refractivity contribution in [2.24, 2.45) is 0 Å². The normalized spacial score (nSPS) is 12.4. The second kappa shape index (κ2) is 9.55. The molecule has 3 N–H and O–H groups in total. The highest BCUT2D eigenvalue weighted by atomic mass is 19.4. The van der Waals surface area contributed by atoms with Crippen molar-refractivity contribution in [3.05, 3.63) is 65.9 Å². The van der Waals surface area contributed by atoms with Crippen LogP contribution in [0.5, 0.6) is 5.75 Å². The summed E-state index contributed by atoms with van der Waals surface area (Å²) in [7, 11) is 0. The minimum Gasteiger partial charge on any atom is -0.484 e. The Morgan fingerprint density at radius 2 is 1.81 bits per heavy atom. The Hall–Kier alpha value is -3.49. The van der Waals surface area contributed by atoms with Gasteiger partial charge >= 0.3 is 6.18 Å². The van der Waals surface area contributed by atoms with E-state index in [4.69, 9.17) is 0 Å². The van der Waals surface area contributed by atoms with Crippen LogP contribution >= 0.6 is 0 Å². The number of aromatic nitrogens is 1. The molecule has 0 spiro atoms. The van der Waals surface area contributed by atoms with Gasteiger partial charge in [-0.05, 0) is 29.3 Å². The van der Waals surface area contributed by atoms with Gasteiger partial charge in [-0.15, -0.1) is 0 Å². The fourth-order valence-electron chi connectivity index (χ4n) is 3.16. The summed E-state index contributed by atoms with van der Waals surface area (Å²) in [6.07, 6.45) is -2.29. The van der Waals surface area contributed by atoms with Crippen LogP contribution in [0.1, 0.15) is 18.1 Å². The first kappa shape index (κ1) is 22.2. The van der Waals surface area contributed by atoms with E-state index >= 15 is 0 Å². The Balaban J connectivity index is 1.61. The van der Waals surface area contributed by atoms with Crippen LogP contribution in [0.25, 0.3) is 10.9 Å². The maximum Gasteiger partial charge on any atom is 0.422 e. The van der Waals surface area contributed by atoms with Crippen molar-refractivity contribution in [2.75, 3.05) is 6.61 Å². The summed E-state index contributed by atoms with van der Waals surface area (Å²) in [5.74, 6) is -0.605. The van der Waals surface area contributed by atoms with Crippen molar-refractivity contribution < 1.29 is 27.5 Å². The Morgan fingerprint density at radius 1 is 1.10 bits per heavy atom. The molecule has 2 amide bonds. The van der Waals surface area contributed by atoms with Crippen molar-refractivity contribution in [2.45, 2.75) is 32.1 Å². The third-order valence-corrected chi connectivity index (χ3v) is 4.59. The number of benzene rings is 2. The lowest BCUT2D eigenvalue weighted by atomic mass is 10.0. The first-order chi connectivity index (χ1) is 14.7. The molecule has 0 aliphatic heterocycles. The fourth-order valence-corrected chi connectivity index (χ4v) is 3.16. The van der Waals surface area contributed by atoms with Gasteiger partial charge in [-0.2, -0.15) is 13.2 Å². The van der Waals surface area contributed by atoms with Crippen LogP contribution in [0.15, 0.2) is 54.7 Å². The van der Waals surface area contributed by atoms with Gasteiger partial charge in [0.15, 0.2) is 6.61 Å². The van der Waals surface area contributed by atoms with Gasteiger partial charge in [0.1, 0.15) is 11.8 Å². The Bertz CT molecular complexity index is 1050. The predicted molar refractivity (Wildman–Crippen MR) is 109 cm³/mol. The van der Waals surface area contributed by atoms with Crippen LogP contribution in [0, 0.1) is 0 Å². The van der Waals surface area contributed by atoms with Crippen molar-refractivity contribution in [3.8, 4) is 5.75 Å². The number of fused-ring (bicyclic) bond motifs is 1. The number of hydrogen-bond acceptors (Lipinski definition) is 3. The van der Waals surface area contributed by atoms with E-state index in [2.05, 4.69) is 20.4 Å². The summed E-state index contributed by atoms with van der Waals surface area (Å²) in [5.41, 5.74) is 2.52. The first-order valence-corrected chi connectivity index (χ1v) is 9.59. The number of ether oxygens (including phenoxy) is 1. The molecule has 1 heterocycles. The molecule has 3 aromatic rings. The number of H-pyrrole nitrogens is 1. The quantitative estimate of drug-likeness (QED) is 0.509. The van der Waals surface area contributed by atoms with Crippen LogP contribution in [-0.2, 0) is 22.6 Å². The summed E-state index contributed by atoms with van der Waals surface area (Å²) < 4.78 is 41.3. The van der Waals surface area contributed by atoms with Gasteiger partial charge in [-0.3, -0.25) is 9.59 Å². The van der Waals surface area contributed by atoms with E-state index in [-0.39, 0.29) is 24.1 Å². The van der Waals surface area contributed by atoms with E-state index in [1.807, 2.05) is 30.5 Å². The lowest BCUT2D eigenvalue weighted by molar-refractivity contribution is -0.153. The molecule has 3 rings (SSSR count). The number of nitrogens with one attached hydrogen (secondary N) is 3. The van der Waals surface area contributed by atoms with E-state index in [1.54, 1.807) is 12.1 Å². The topological polar surface area (TPSA) is 83.2 Å². The summed E-state index contributed by atoms with van der Waals surface area (Å²) in [6, 6.07) is 12.8. The molecule has 0 fully saturated rings. The summed E-state index contributed by atoms with van der Waals surface area (Å²) >= 11 is 0. The highest BCUT2D eigenvalue weighted by molar-refractivity contribution is 5.89. The summed E-state index contributed by atoms with van der Waals surface area (Å²) in [5, 5.41) is 6.40. The van der Waals surface area contributed by atoms with E-state index in [0.29, 0.717) is 12.0 Å². The maximum atomic E-state index is 12.7. The van der Waals surface area contributed by atoms with Crippen molar-refractivity contribution in [1.29, 1.82) is 0 Å². The average Bonchev–Trinajstić information content (AvgIpc) is 3.13. The number of carbonyl (C=O) groups is 2. The molecule has 0 unspecified atom stereocenters. The Labute approximate surface area is 176 Å². The number of alkyl halides is 3. The number of hydrogen-bond donors (Lipinski definition) is 3. The smallest absolute Gasteiger partial charge is 0.422 e. The molecule has 9 heteroatoms. The zero-order valence-electron chi connectivity index (χ0n) is 16.8. The molecular weight excluding hydrogens is 411 g/mol. The molecule has 2 aromatic carbocycles. The molecule has 0 saturated heterocycles. The van der Waals surface area contributed by atoms with Crippen LogP contribution in [0.4, 0.5) is 13.2 Å². The molecule has 0 aliphatic carbocycles. The lowest BCUT2D eigenvalue weighted by Crippen LogP contribution is -2.47. The molecule has 1 aromatic heterocycles. The maximum absolute atomic E-state index is 12.7. The molecule has 0 radical (unpaired) electrons. The van der Waals surface area contributed by atoms with Crippen molar-refractivity contribution in [1.82, 2.24) is 15.6 Å². The first-order valence-electron chi connectivity index (χ1n) is 9.59. The number of rotatable bonds is 8. The average molecular weight is 433 g/mol. The van der Waals surface area contributed by atoms with Gasteiger partial charge in [-0.25, -0.2) is 0 Å². The number of halogens is 3. The zero-order valence-corrected chi connectivity index (χ0v) is 16.8. The molecule has 0 saturated carbocycles. The molecule has 0 bridgehead atoms.